The van der Waals surface area contributed by atoms with Crippen LogP contribution in [0.1, 0.15) is 22.8 Å². The van der Waals surface area contributed by atoms with E-state index >= 15 is 0 Å². The fourth-order valence-corrected chi connectivity index (χ4v) is 3.61. The number of hydrogen-bond acceptors (Lipinski definition) is 6. The van der Waals surface area contributed by atoms with Gasteiger partial charge in [-0.1, -0.05) is 48.5 Å². The highest BCUT2D eigenvalue weighted by molar-refractivity contribution is 5.89. The second kappa shape index (κ2) is 8.84. The predicted molar refractivity (Wildman–Crippen MR) is 101 cm³/mol. The molecule has 0 aromatic heterocycles. The third-order valence-electron chi connectivity index (χ3n) is 5.03. The normalized spacial score (nSPS) is 29.7. The zero-order valence-electron chi connectivity index (χ0n) is 15.7. The van der Waals surface area contributed by atoms with Crippen molar-refractivity contribution in [1.29, 1.82) is 0 Å². The fourth-order valence-electron chi connectivity index (χ4n) is 3.61. The van der Waals surface area contributed by atoms with E-state index in [1.807, 2.05) is 43.3 Å². The summed E-state index contributed by atoms with van der Waals surface area (Å²) >= 11 is 0. The van der Waals surface area contributed by atoms with E-state index in [-0.39, 0.29) is 25.1 Å². The molecule has 2 aromatic rings. The number of carbonyl (C=O) groups is 1. The molecule has 0 aliphatic carbocycles. The molecule has 6 heteroatoms. The molecular formula is C22H24O6. The fraction of sp³-hybridized carbons (Fsp3) is 0.409. The number of hydrogen-bond donors (Lipinski definition) is 0. The molecule has 2 unspecified atom stereocenters. The largest absolute Gasteiger partial charge is 0.453 e. The Balaban J connectivity index is 1.53. The Morgan fingerprint density at radius 1 is 1.04 bits per heavy atom. The summed E-state index contributed by atoms with van der Waals surface area (Å²) in [6, 6.07) is 18.8. The Morgan fingerprint density at radius 2 is 1.75 bits per heavy atom. The van der Waals surface area contributed by atoms with Gasteiger partial charge in [0.25, 0.3) is 0 Å². The first-order chi connectivity index (χ1) is 13.7. The maximum Gasteiger partial charge on any atom is 0.338 e. The first-order valence-electron chi connectivity index (χ1n) is 9.49. The van der Waals surface area contributed by atoms with Gasteiger partial charge in [0, 0.05) is 0 Å². The molecule has 0 saturated carbocycles. The van der Waals surface area contributed by atoms with Crippen LogP contribution in [-0.4, -0.2) is 49.9 Å². The van der Waals surface area contributed by atoms with Crippen molar-refractivity contribution in [1.82, 2.24) is 0 Å². The summed E-state index contributed by atoms with van der Waals surface area (Å²) in [6.07, 6.45) is -2.00. The van der Waals surface area contributed by atoms with Crippen molar-refractivity contribution in [3.8, 4) is 0 Å². The molecule has 6 nitrogen and oxygen atoms in total. The van der Waals surface area contributed by atoms with Gasteiger partial charge in [-0.15, -0.1) is 0 Å². The Kier molecular flexibility index (Phi) is 6.02. The van der Waals surface area contributed by atoms with Gasteiger partial charge in [-0.05, 0) is 24.6 Å². The maximum absolute atomic E-state index is 12.6. The van der Waals surface area contributed by atoms with Gasteiger partial charge in [-0.25, -0.2) is 4.79 Å². The van der Waals surface area contributed by atoms with Crippen molar-refractivity contribution in [3.63, 3.8) is 0 Å². The number of rotatable bonds is 5. The van der Waals surface area contributed by atoms with Crippen molar-refractivity contribution in [2.45, 2.75) is 44.1 Å². The maximum atomic E-state index is 12.6. The van der Waals surface area contributed by atoms with Crippen LogP contribution in [0.2, 0.25) is 0 Å². The Hall–Kier alpha value is -2.25. The van der Waals surface area contributed by atoms with Gasteiger partial charge in [0.05, 0.1) is 24.9 Å². The Morgan fingerprint density at radius 3 is 2.50 bits per heavy atom. The topological polar surface area (TPSA) is 63.2 Å². The number of carbonyl (C=O) groups excluding carboxylic acids is 1. The van der Waals surface area contributed by atoms with Crippen molar-refractivity contribution < 1.29 is 28.5 Å². The van der Waals surface area contributed by atoms with Gasteiger partial charge < -0.3 is 23.7 Å². The lowest BCUT2D eigenvalue weighted by Gasteiger charge is -2.46. The smallest absolute Gasteiger partial charge is 0.338 e. The molecule has 0 radical (unpaired) electrons. The van der Waals surface area contributed by atoms with E-state index in [1.165, 1.54) is 0 Å². The molecule has 2 heterocycles. The SMILES string of the molecule is C[C@H]1OC2COCO[C@H]2[C@@H](OCc2ccccc2)C1OC(=O)c1ccccc1. The van der Waals surface area contributed by atoms with Crippen LogP contribution in [-0.2, 0) is 30.3 Å². The predicted octanol–water partition coefficient (Wildman–Crippen LogP) is 2.96. The highest BCUT2D eigenvalue weighted by Crippen LogP contribution is 2.31. The molecule has 5 atom stereocenters. The summed E-state index contributed by atoms with van der Waals surface area (Å²) in [5.41, 5.74) is 1.53. The molecule has 0 spiro atoms. The average molecular weight is 384 g/mol. The van der Waals surface area contributed by atoms with Crippen LogP contribution in [0.15, 0.2) is 60.7 Å². The summed E-state index contributed by atoms with van der Waals surface area (Å²) in [4.78, 5) is 12.6. The van der Waals surface area contributed by atoms with Gasteiger partial charge in [-0.3, -0.25) is 0 Å². The summed E-state index contributed by atoms with van der Waals surface area (Å²) in [7, 11) is 0. The highest BCUT2D eigenvalue weighted by Gasteiger charge is 2.49. The van der Waals surface area contributed by atoms with E-state index in [0.717, 1.165) is 5.56 Å². The van der Waals surface area contributed by atoms with E-state index < -0.39 is 18.2 Å². The van der Waals surface area contributed by atoms with E-state index in [1.54, 1.807) is 24.3 Å². The molecule has 28 heavy (non-hydrogen) atoms. The van der Waals surface area contributed by atoms with E-state index in [2.05, 4.69) is 0 Å². The summed E-state index contributed by atoms with van der Waals surface area (Å²) in [5, 5.41) is 0. The molecule has 2 aliphatic heterocycles. The molecule has 148 valence electrons. The highest BCUT2D eigenvalue weighted by atomic mass is 16.7. The molecule has 4 rings (SSSR count). The second-order valence-electron chi connectivity index (χ2n) is 7.00. The molecule has 2 fully saturated rings. The van der Waals surface area contributed by atoms with Crippen LogP contribution in [0.5, 0.6) is 0 Å². The van der Waals surface area contributed by atoms with E-state index in [4.69, 9.17) is 23.7 Å². The van der Waals surface area contributed by atoms with Gasteiger partial charge in [0.15, 0.2) is 6.10 Å². The van der Waals surface area contributed by atoms with Crippen LogP contribution in [0.3, 0.4) is 0 Å². The lowest BCUT2D eigenvalue weighted by Crippen LogP contribution is -2.62. The van der Waals surface area contributed by atoms with Gasteiger partial charge in [-0.2, -0.15) is 0 Å². The minimum Gasteiger partial charge on any atom is -0.453 e. The molecule has 0 N–H and O–H groups in total. The summed E-state index contributed by atoms with van der Waals surface area (Å²) in [6.45, 7) is 2.88. The van der Waals surface area contributed by atoms with E-state index in [9.17, 15) is 4.79 Å². The van der Waals surface area contributed by atoms with Gasteiger partial charge in [0.1, 0.15) is 25.1 Å². The monoisotopic (exact) mass is 384 g/mol. The molecule has 2 saturated heterocycles. The molecular weight excluding hydrogens is 360 g/mol. The summed E-state index contributed by atoms with van der Waals surface area (Å²) < 4.78 is 29.2. The van der Waals surface area contributed by atoms with Crippen molar-refractivity contribution in [2.75, 3.05) is 13.4 Å². The minimum atomic E-state index is -0.587. The minimum absolute atomic E-state index is 0.170. The quantitative estimate of drug-likeness (QED) is 0.739. The molecule has 0 amide bonds. The zero-order valence-corrected chi connectivity index (χ0v) is 15.7. The lowest BCUT2D eigenvalue weighted by atomic mass is 9.94. The van der Waals surface area contributed by atoms with Gasteiger partial charge in [0.2, 0.25) is 0 Å². The van der Waals surface area contributed by atoms with Crippen LogP contribution in [0.4, 0.5) is 0 Å². The first-order valence-corrected chi connectivity index (χ1v) is 9.49. The van der Waals surface area contributed by atoms with Crippen LogP contribution < -0.4 is 0 Å². The van der Waals surface area contributed by atoms with Crippen molar-refractivity contribution in [2.24, 2.45) is 0 Å². The lowest BCUT2D eigenvalue weighted by molar-refractivity contribution is -0.299. The standard InChI is InChI=1S/C22H24O6/c1-15-19(28-22(23)17-10-6-3-7-11-17)21(20-18(27-15)13-24-14-26-20)25-12-16-8-4-2-5-9-16/h2-11,15,18-21H,12-14H2,1H3/t15-,18?,19?,20-,21+/m1/s1. The number of esters is 1. The number of ether oxygens (including phenoxy) is 5. The van der Waals surface area contributed by atoms with Crippen LogP contribution in [0.25, 0.3) is 0 Å². The first kappa shape index (κ1) is 19.1. The number of benzene rings is 2. The van der Waals surface area contributed by atoms with Crippen LogP contribution in [0, 0.1) is 0 Å². The van der Waals surface area contributed by atoms with Crippen molar-refractivity contribution >= 4 is 5.97 Å². The second-order valence-corrected chi connectivity index (χ2v) is 7.00. The third kappa shape index (κ3) is 4.25. The third-order valence-corrected chi connectivity index (χ3v) is 5.03. The zero-order chi connectivity index (χ0) is 19.3. The van der Waals surface area contributed by atoms with E-state index in [0.29, 0.717) is 18.8 Å². The Bertz CT molecular complexity index is 765. The summed E-state index contributed by atoms with van der Waals surface area (Å²) in [5.74, 6) is -0.403. The van der Waals surface area contributed by atoms with Gasteiger partial charge >= 0.3 is 5.97 Å². The molecule has 2 aromatic carbocycles. The molecule has 0 bridgehead atoms. The Labute approximate surface area is 164 Å². The van der Waals surface area contributed by atoms with Crippen LogP contribution >= 0.6 is 0 Å². The average Bonchev–Trinajstić information content (AvgIpc) is 2.75. The molecule has 2 aliphatic rings. The number of fused-ring (bicyclic) bond motifs is 1. The van der Waals surface area contributed by atoms with Crippen molar-refractivity contribution in [3.05, 3.63) is 71.8 Å².